The van der Waals surface area contributed by atoms with Crippen molar-refractivity contribution >= 4 is 34.6 Å². The van der Waals surface area contributed by atoms with Crippen LogP contribution in [0.5, 0.6) is 0 Å². The maximum atomic E-state index is 13.2. The first-order valence-electron chi connectivity index (χ1n) is 12.6. The molecule has 1 atom stereocenters. The largest absolute Gasteiger partial charge is 0.453 e. The SMILES string of the molecule is COC(=O)NC(CCC=CC(=O)N(C)C)C(=O)Nc1cccn(Cc2nc3c(CC(C)C)nccc3[nH]2)c1=O. The molecule has 0 fully saturated rings. The van der Waals surface area contributed by atoms with Gasteiger partial charge in [0, 0.05) is 26.5 Å². The van der Waals surface area contributed by atoms with Crippen molar-refractivity contribution in [2.24, 2.45) is 5.92 Å². The van der Waals surface area contributed by atoms with Crippen LogP contribution in [0.3, 0.4) is 0 Å². The smallest absolute Gasteiger partial charge is 0.407 e. The number of allylic oxidation sites excluding steroid dienone is 1. The molecule has 1 unspecified atom stereocenters. The molecule has 3 heterocycles. The summed E-state index contributed by atoms with van der Waals surface area (Å²) in [5, 5.41) is 5.08. The summed E-state index contributed by atoms with van der Waals surface area (Å²) in [6.07, 6.45) is 6.87. The molecule has 12 nitrogen and oxygen atoms in total. The minimum atomic E-state index is -0.994. The molecule has 3 aromatic rings. The van der Waals surface area contributed by atoms with Crippen molar-refractivity contribution in [2.75, 3.05) is 26.5 Å². The second-order valence-electron chi connectivity index (χ2n) is 9.68. The van der Waals surface area contributed by atoms with E-state index in [4.69, 9.17) is 0 Å². The molecule has 0 aliphatic heterocycles. The minimum absolute atomic E-state index is 0.0516. The van der Waals surface area contributed by atoms with Gasteiger partial charge in [-0.2, -0.15) is 0 Å². The fourth-order valence-electron chi connectivity index (χ4n) is 3.86. The number of methoxy groups -OCH3 is 1. The molecule has 0 saturated carbocycles. The molecule has 0 aliphatic rings. The van der Waals surface area contributed by atoms with Gasteiger partial charge in [-0.15, -0.1) is 0 Å². The van der Waals surface area contributed by atoms with Crippen molar-refractivity contribution in [1.29, 1.82) is 0 Å². The summed E-state index contributed by atoms with van der Waals surface area (Å²) in [6, 6.07) is 3.98. The first kappa shape index (κ1) is 29.1. The van der Waals surface area contributed by atoms with Gasteiger partial charge in [-0.25, -0.2) is 9.78 Å². The van der Waals surface area contributed by atoms with E-state index < -0.39 is 23.6 Å². The first-order chi connectivity index (χ1) is 18.6. The summed E-state index contributed by atoms with van der Waals surface area (Å²) in [5.41, 5.74) is 2.13. The number of imidazole rings is 1. The maximum absolute atomic E-state index is 13.2. The monoisotopic (exact) mass is 537 g/mol. The second kappa shape index (κ2) is 13.4. The van der Waals surface area contributed by atoms with Gasteiger partial charge in [-0.1, -0.05) is 19.9 Å². The molecular formula is C27H35N7O5. The van der Waals surface area contributed by atoms with E-state index in [1.807, 2.05) is 6.07 Å². The number of alkyl carbamates (subject to hydrolysis) is 1. The van der Waals surface area contributed by atoms with Crippen LogP contribution in [0.25, 0.3) is 11.0 Å². The lowest BCUT2D eigenvalue weighted by Crippen LogP contribution is -2.44. The number of hydrogen-bond acceptors (Lipinski definition) is 7. The van der Waals surface area contributed by atoms with Crippen LogP contribution in [0.15, 0.2) is 47.5 Å². The number of aromatic nitrogens is 4. The van der Waals surface area contributed by atoms with Crippen molar-refractivity contribution in [1.82, 2.24) is 29.7 Å². The molecule has 39 heavy (non-hydrogen) atoms. The number of amides is 3. The molecule has 0 aromatic carbocycles. The van der Waals surface area contributed by atoms with Gasteiger partial charge in [0.15, 0.2) is 0 Å². The number of aromatic amines is 1. The van der Waals surface area contributed by atoms with Gasteiger partial charge in [0.05, 0.1) is 24.9 Å². The molecule has 3 amide bonds. The van der Waals surface area contributed by atoms with Crippen molar-refractivity contribution in [3.05, 3.63) is 64.6 Å². The summed E-state index contributed by atoms with van der Waals surface area (Å²) in [6.45, 7) is 4.38. The van der Waals surface area contributed by atoms with Crippen molar-refractivity contribution in [2.45, 2.75) is 45.7 Å². The highest BCUT2D eigenvalue weighted by Gasteiger charge is 2.22. The number of nitrogens with one attached hydrogen (secondary N) is 3. The van der Waals surface area contributed by atoms with Crippen LogP contribution in [-0.4, -0.2) is 69.6 Å². The normalized spacial score (nSPS) is 12.1. The molecule has 0 saturated heterocycles. The summed E-state index contributed by atoms with van der Waals surface area (Å²) < 4.78 is 6.06. The summed E-state index contributed by atoms with van der Waals surface area (Å²) in [7, 11) is 4.45. The van der Waals surface area contributed by atoms with E-state index in [0.717, 1.165) is 23.1 Å². The van der Waals surface area contributed by atoms with Gasteiger partial charge in [-0.3, -0.25) is 19.4 Å². The van der Waals surface area contributed by atoms with Gasteiger partial charge in [0.1, 0.15) is 23.1 Å². The zero-order valence-electron chi connectivity index (χ0n) is 22.9. The van der Waals surface area contributed by atoms with E-state index in [1.54, 1.807) is 38.6 Å². The molecule has 0 spiro atoms. The predicted octanol–water partition coefficient (Wildman–Crippen LogP) is 2.45. The van der Waals surface area contributed by atoms with Crippen LogP contribution in [-0.2, 0) is 27.3 Å². The Morgan fingerprint density at radius 2 is 2.00 bits per heavy atom. The highest BCUT2D eigenvalue weighted by molar-refractivity contribution is 5.96. The van der Waals surface area contributed by atoms with Crippen molar-refractivity contribution in [3.8, 4) is 0 Å². The molecule has 0 aliphatic carbocycles. The zero-order chi connectivity index (χ0) is 28.5. The summed E-state index contributed by atoms with van der Waals surface area (Å²) in [4.78, 5) is 63.5. The molecule has 208 valence electrons. The average Bonchev–Trinajstić information content (AvgIpc) is 3.31. The quantitative estimate of drug-likeness (QED) is 0.318. The number of anilines is 1. The van der Waals surface area contributed by atoms with Gasteiger partial charge in [0.2, 0.25) is 11.8 Å². The number of carbonyl (C=O) groups excluding carboxylic acids is 3. The Balaban J connectivity index is 1.75. The van der Waals surface area contributed by atoms with Crippen LogP contribution < -0.4 is 16.2 Å². The van der Waals surface area contributed by atoms with Crippen LogP contribution in [0.1, 0.15) is 38.2 Å². The Morgan fingerprint density at radius 1 is 1.23 bits per heavy atom. The Bertz CT molecular complexity index is 1410. The number of ether oxygens (including phenoxy) is 1. The fourth-order valence-corrected chi connectivity index (χ4v) is 3.86. The fraction of sp³-hybridized carbons (Fsp3) is 0.407. The molecule has 3 N–H and O–H groups in total. The third-order valence-electron chi connectivity index (χ3n) is 5.84. The number of H-pyrrole nitrogens is 1. The van der Waals surface area contributed by atoms with Crippen molar-refractivity contribution < 1.29 is 19.1 Å². The van der Waals surface area contributed by atoms with E-state index in [9.17, 15) is 19.2 Å². The van der Waals surface area contributed by atoms with Crippen molar-refractivity contribution in [3.63, 3.8) is 0 Å². The molecule has 0 radical (unpaired) electrons. The predicted molar refractivity (Wildman–Crippen MR) is 147 cm³/mol. The Hall–Kier alpha value is -4.48. The summed E-state index contributed by atoms with van der Waals surface area (Å²) >= 11 is 0. The van der Waals surface area contributed by atoms with Gasteiger partial charge in [-0.05, 0) is 49.5 Å². The third-order valence-corrected chi connectivity index (χ3v) is 5.84. The lowest BCUT2D eigenvalue weighted by atomic mass is 10.1. The van der Waals surface area contributed by atoms with Crippen LogP contribution in [0.4, 0.5) is 10.5 Å². The van der Waals surface area contributed by atoms with Crippen LogP contribution in [0.2, 0.25) is 0 Å². The van der Waals surface area contributed by atoms with Gasteiger partial charge >= 0.3 is 6.09 Å². The lowest BCUT2D eigenvalue weighted by Gasteiger charge is -2.17. The topological polar surface area (TPSA) is 151 Å². The molecule has 12 heteroatoms. The number of nitrogens with zero attached hydrogens (tertiary/aromatic N) is 4. The van der Waals surface area contributed by atoms with E-state index in [2.05, 4.69) is 44.2 Å². The van der Waals surface area contributed by atoms with E-state index in [0.29, 0.717) is 18.2 Å². The van der Waals surface area contributed by atoms with Crippen LogP contribution in [0, 0.1) is 5.92 Å². The molecule has 3 aromatic heterocycles. The van der Waals surface area contributed by atoms with E-state index >= 15 is 0 Å². The number of hydrogen-bond donors (Lipinski definition) is 3. The zero-order valence-corrected chi connectivity index (χ0v) is 22.9. The lowest BCUT2D eigenvalue weighted by molar-refractivity contribution is -0.123. The summed E-state index contributed by atoms with van der Waals surface area (Å²) in [5.74, 6) is 0.215. The molecule has 3 rings (SSSR count). The standard InChI is InChI=1S/C27H35N7O5/c1-17(2)15-21-24-18(12-13-28-21)29-22(32-24)16-34-14-8-10-20(26(34)37)30-25(36)19(31-27(38)39-5)9-6-7-11-23(35)33(3)4/h7-8,10-14,17,19H,6,9,15-16H2,1-5H3,(H,29,32)(H,30,36)(H,31,38). The van der Waals surface area contributed by atoms with Gasteiger partial charge < -0.3 is 29.8 Å². The highest BCUT2D eigenvalue weighted by atomic mass is 16.5. The van der Waals surface area contributed by atoms with E-state index in [1.165, 1.54) is 28.7 Å². The van der Waals surface area contributed by atoms with E-state index in [-0.39, 0.29) is 24.6 Å². The number of likely N-dealkylation sites (N-methyl/N-ethyl adjacent to an activating group) is 1. The molecular weight excluding hydrogens is 502 g/mol. The minimum Gasteiger partial charge on any atom is -0.453 e. The number of fused-ring (bicyclic) bond motifs is 1. The Kier molecular flexibility index (Phi) is 9.96. The Morgan fingerprint density at radius 3 is 2.69 bits per heavy atom. The third kappa shape index (κ3) is 8.00. The highest BCUT2D eigenvalue weighted by Crippen LogP contribution is 2.18. The van der Waals surface area contributed by atoms with Crippen LogP contribution >= 0.6 is 0 Å². The average molecular weight is 538 g/mol. The number of pyridine rings is 2. The first-order valence-corrected chi connectivity index (χ1v) is 12.6. The Labute approximate surface area is 226 Å². The number of rotatable bonds is 11. The maximum Gasteiger partial charge on any atom is 0.407 e. The van der Waals surface area contributed by atoms with Gasteiger partial charge in [0.25, 0.3) is 5.56 Å². The second-order valence-corrected chi connectivity index (χ2v) is 9.68. The molecule has 0 bridgehead atoms. The number of carbonyl (C=O) groups is 3.